The molecule has 0 radical (unpaired) electrons. The van der Waals surface area contributed by atoms with Crippen LogP contribution in [0.1, 0.15) is 35.2 Å². The second-order valence-electron chi connectivity index (χ2n) is 4.58. The molecule has 2 rings (SSSR count). The van der Waals surface area contributed by atoms with Crippen molar-refractivity contribution in [3.8, 4) is 0 Å². The zero-order valence-corrected chi connectivity index (χ0v) is 10.3. The van der Waals surface area contributed by atoms with Crippen LogP contribution in [0.15, 0.2) is 24.3 Å². The number of aliphatic hydroxyl groups is 1. The van der Waals surface area contributed by atoms with E-state index in [1.165, 1.54) is 0 Å². The third kappa shape index (κ3) is 2.61. The number of aliphatic hydroxyl groups excluding tert-OH is 1. The number of halogens is 1. The third-order valence-corrected chi connectivity index (χ3v) is 3.64. The first-order valence-corrected chi connectivity index (χ1v) is 6.31. The smallest absolute Gasteiger partial charge is 0.251 e. The number of hydrogen-bond donors (Lipinski definition) is 2. The summed E-state index contributed by atoms with van der Waals surface area (Å²) < 4.78 is 0. The van der Waals surface area contributed by atoms with Crippen molar-refractivity contribution >= 4 is 17.5 Å². The van der Waals surface area contributed by atoms with Gasteiger partial charge in [-0.3, -0.25) is 4.79 Å². The number of hydrogen-bond acceptors (Lipinski definition) is 2. The Bertz CT molecular complexity index is 410. The molecular formula is C13H16ClNO2. The van der Waals surface area contributed by atoms with Gasteiger partial charge in [-0.05, 0) is 37.0 Å². The third-order valence-electron chi connectivity index (χ3n) is 3.34. The number of nitrogens with one attached hydrogen (secondary N) is 1. The van der Waals surface area contributed by atoms with E-state index in [1.807, 2.05) is 12.1 Å². The molecule has 92 valence electrons. The lowest BCUT2D eigenvalue weighted by Gasteiger charge is -2.40. The van der Waals surface area contributed by atoms with E-state index in [1.54, 1.807) is 12.1 Å². The Labute approximate surface area is 106 Å². The number of alkyl halides is 1. The second-order valence-corrected chi connectivity index (χ2v) is 4.85. The zero-order valence-electron chi connectivity index (χ0n) is 9.58. The summed E-state index contributed by atoms with van der Waals surface area (Å²) in [5, 5.41) is 12.2. The highest BCUT2D eigenvalue weighted by molar-refractivity contribution is 6.17. The van der Waals surface area contributed by atoms with Crippen LogP contribution in [0.3, 0.4) is 0 Å². The van der Waals surface area contributed by atoms with Crippen LogP contribution >= 0.6 is 11.6 Å². The molecule has 1 fully saturated rings. The highest BCUT2D eigenvalue weighted by Gasteiger charge is 2.37. The molecule has 1 aromatic rings. The predicted molar refractivity (Wildman–Crippen MR) is 67.1 cm³/mol. The molecule has 1 amide bonds. The Balaban J connectivity index is 2.08. The Hall–Kier alpha value is -1.06. The highest BCUT2D eigenvalue weighted by Crippen LogP contribution is 2.31. The van der Waals surface area contributed by atoms with Crippen LogP contribution < -0.4 is 5.32 Å². The molecule has 0 heterocycles. The number of rotatable bonds is 4. The SMILES string of the molecule is O=C(NC1(CO)CCC1)c1cccc(CCl)c1. The lowest BCUT2D eigenvalue weighted by Crippen LogP contribution is -2.56. The lowest BCUT2D eigenvalue weighted by molar-refractivity contribution is 0.0641. The lowest BCUT2D eigenvalue weighted by atomic mass is 9.77. The topological polar surface area (TPSA) is 49.3 Å². The summed E-state index contributed by atoms with van der Waals surface area (Å²) >= 11 is 5.73. The maximum Gasteiger partial charge on any atom is 0.251 e. The maximum atomic E-state index is 12.0. The van der Waals surface area contributed by atoms with Gasteiger partial charge in [0.1, 0.15) is 0 Å². The molecular weight excluding hydrogens is 238 g/mol. The van der Waals surface area contributed by atoms with Crippen LogP contribution in [0.4, 0.5) is 0 Å². The standard InChI is InChI=1S/C13H16ClNO2/c14-8-10-3-1-4-11(7-10)12(17)15-13(9-16)5-2-6-13/h1,3-4,7,16H,2,5-6,8-9H2,(H,15,17). The van der Waals surface area contributed by atoms with Crippen molar-refractivity contribution in [3.05, 3.63) is 35.4 Å². The van der Waals surface area contributed by atoms with Crippen LogP contribution in [-0.4, -0.2) is 23.2 Å². The predicted octanol–water partition coefficient (Wildman–Crippen LogP) is 2.07. The van der Waals surface area contributed by atoms with Crippen molar-refractivity contribution < 1.29 is 9.90 Å². The minimum Gasteiger partial charge on any atom is -0.394 e. The summed E-state index contributed by atoms with van der Waals surface area (Å²) in [5.41, 5.74) is 1.13. The molecule has 3 nitrogen and oxygen atoms in total. The van der Waals surface area contributed by atoms with Crippen molar-refractivity contribution in [2.45, 2.75) is 30.7 Å². The molecule has 0 saturated heterocycles. The first-order chi connectivity index (χ1) is 8.19. The minimum atomic E-state index is -0.395. The van der Waals surface area contributed by atoms with Crippen LogP contribution in [0.25, 0.3) is 0 Å². The first-order valence-electron chi connectivity index (χ1n) is 5.77. The largest absolute Gasteiger partial charge is 0.394 e. The number of benzene rings is 1. The molecule has 2 N–H and O–H groups in total. The van der Waals surface area contributed by atoms with E-state index in [0.29, 0.717) is 11.4 Å². The fraction of sp³-hybridized carbons (Fsp3) is 0.462. The summed E-state index contributed by atoms with van der Waals surface area (Å²) in [7, 11) is 0. The van der Waals surface area contributed by atoms with Gasteiger partial charge in [-0.2, -0.15) is 0 Å². The van der Waals surface area contributed by atoms with Gasteiger partial charge in [-0.15, -0.1) is 11.6 Å². The zero-order chi connectivity index (χ0) is 12.3. The molecule has 1 saturated carbocycles. The van der Waals surface area contributed by atoms with E-state index in [4.69, 9.17) is 11.6 Å². The van der Waals surface area contributed by atoms with Crippen molar-refractivity contribution in [3.63, 3.8) is 0 Å². The fourth-order valence-electron chi connectivity index (χ4n) is 2.03. The average molecular weight is 254 g/mol. The Kier molecular flexibility index (Phi) is 3.69. The first kappa shape index (κ1) is 12.4. The summed E-state index contributed by atoms with van der Waals surface area (Å²) in [6.45, 7) is 0.00787. The Morgan fingerprint density at radius 3 is 2.76 bits per heavy atom. The van der Waals surface area contributed by atoms with E-state index >= 15 is 0 Å². The van der Waals surface area contributed by atoms with Gasteiger partial charge in [-0.25, -0.2) is 0 Å². The molecule has 1 aromatic carbocycles. The molecule has 1 aliphatic carbocycles. The molecule has 17 heavy (non-hydrogen) atoms. The van der Waals surface area contributed by atoms with Crippen molar-refractivity contribution in [1.29, 1.82) is 0 Å². The van der Waals surface area contributed by atoms with Gasteiger partial charge in [0.2, 0.25) is 0 Å². The van der Waals surface area contributed by atoms with Gasteiger partial charge in [0.05, 0.1) is 12.1 Å². The molecule has 1 aliphatic rings. The fourth-order valence-corrected chi connectivity index (χ4v) is 2.20. The van der Waals surface area contributed by atoms with Gasteiger partial charge >= 0.3 is 0 Å². The van der Waals surface area contributed by atoms with Crippen LogP contribution in [0, 0.1) is 0 Å². The molecule has 0 bridgehead atoms. The summed E-state index contributed by atoms with van der Waals surface area (Å²) in [5.74, 6) is 0.262. The quantitative estimate of drug-likeness (QED) is 0.807. The van der Waals surface area contributed by atoms with Crippen LogP contribution in [0.2, 0.25) is 0 Å². The summed E-state index contributed by atoms with van der Waals surface area (Å²) in [6, 6.07) is 7.25. The van der Waals surface area contributed by atoms with E-state index in [2.05, 4.69) is 5.32 Å². The van der Waals surface area contributed by atoms with Crippen molar-refractivity contribution in [2.24, 2.45) is 0 Å². The summed E-state index contributed by atoms with van der Waals surface area (Å²) in [6.07, 6.45) is 2.76. The van der Waals surface area contributed by atoms with Crippen molar-refractivity contribution in [1.82, 2.24) is 5.32 Å². The van der Waals surface area contributed by atoms with Crippen molar-refractivity contribution in [2.75, 3.05) is 6.61 Å². The van der Waals surface area contributed by atoms with Gasteiger partial charge < -0.3 is 10.4 Å². The minimum absolute atomic E-state index is 0.00787. The molecule has 0 aromatic heterocycles. The van der Waals surface area contributed by atoms with E-state index in [0.717, 1.165) is 24.8 Å². The summed E-state index contributed by atoms with van der Waals surface area (Å²) in [4.78, 5) is 12.0. The number of carbonyl (C=O) groups is 1. The molecule has 0 aliphatic heterocycles. The average Bonchev–Trinajstić information content (AvgIpc) is 2.33. The molecule has 0 atom stereocenters. The van der Waals surface area contributed by atoms with Gasteiger partial charge in [-0.1, -0.05) is 12.1 Å². The molecule has 4 heteroatoms. The van der Waals surface area contributed by atoms with Gasteiger partial charge in [0.25, 0.3) is 5.91 Å². The molecule has 0 spiro atoms. The monoisotopic (exact) mass is 253 g/mol. The maximum absolute atomic E-state index is 12.0. The van der Waals surface area contributed by atoms with E-state index in [-0.39, 0.29) is 12.5 Å². The highest BCUT2D eigenvalue weighted by atomic mass is 35.5. The van der Waals surface area contributed by atoms with E-state index in [9.17, 15) is 9.90 Å². The second kappa shape index (κ2) is 5.07. The normalized spacial score (nSPS) is 17.3. The van der Waals surface area contributed by atoms with Crippen LogP contribution in [0.5, 0.6) is 0 Å². The van der Waals surface area contributed by atoms with E-state index < -0.39 is 5.54 Å². The van der Waals surface area contributed by atoms with Gasteiger partial charge in [0, 0.05) is 11.4 Å². The number of carbonyl (C=O) groups excluding carboxylic acids is 1. The Morgan fingerprint density at radius 1 is 1.47 bits per heavy atom. The van der Waals surface area contributed by atoms with Gasteiger partial charge in [0.15, 0.2) is 0 Å². The van der Waals surface area contributed by atoms with Crippen LogP contribution in [-0.2, 0) is 5.88 Å². The molecule has 0 unspecified atom stereocenters. The number of amides is 1. The Morgan fingerprint density at radius 2 is 2.24 bits per heavy atom.